The molecule has 0 N–H and O–H groups in total. The summed E-state index contributed by atoms with van der Waals surface area (Å²) >= 11 is 0. The first kappa shape index (κ1) is 19.0. The van der Waals surface area contributed by atoms with Gasteiger partial charge < -0.3 is 9.47 Å². The molecular formula is C24H34O4. The fourth-order valence-electron chi connectivity index (χ4n) is 2.89. The maximum atomic E-state index is 12.8. The zero-order chi connectivity index (χ0) is 23.8. The summed E-state index contributed by atoms with van der Waals surface area (Å²) in [5.74, 6) is -2.06. The van der Waals surface area contributed by atoms with E-state index in [1.54, 1.807) is 0 Å². The highest BCUT2D eigenvalue weighted by molar-refractivity contribution is 6.23. The number of methoxy groups -OCH3 is 2. The van der Waals surface area contributed by atoms with Crippen LogP contribution in [-0.2, 0) is 19.1 Å². The molecule has 0 aromatic carbocycles. The van der Waals surface area contributed by atoms with Crippen LogP contribution in [0.4, 0.5) is 0 Å². The Morgan fingerprint density at radius 2 is 1.39 bits per heavy atom. The number of carbonyl (C=O) groups is 2. The second-order valence-electron chi connectivity index (χ2n) is 7.24. The molecule has 0 fully saturated rings. The van der Waals surface area contributed by atoms with E-state index >= 15 is 0 Å². The number of Topliss-reactive ketones (excluding diaryl/α,β-unsaturated/α-hetero) is 2. The van der Waals surface area contributed by atoms with E-state index in [1.165, 1.54) is 25.4 Å². The third-order valence-corrected chi connectivity index (χ3v) is 4.61. The molecule has 154 valence electrons. The first-order chi connectivity index (χ1) is 14.4. The fourth-order valence-corrected chi connectivity index (χ4v) is 2.89. The van der Waals surface area contributed by atoms with E-state index in [4.69, 9.17) is 13.6 Å². The standard InChI is InChI=1S/C24H34O4/c1-16(2)10-8-11-17(3)12-9-13-18(4)14-15-20-19(5)21(25)23(27-6)24(28-7)22(20)26/h10,12,14H,8-9,11,13,15H2,1-7H3/b17-12+,18-14+/i5D3. The number of rotatable bonds is 10. The zero-order valence-corrected chi connectivity index (χ0v) is 17.9. The van der Waals surface area contributed by atoms with E-state index in [9.17, 15) is 9.59 Å². The van der Waals surface area contributed by atoms with Crippen molar-refractivity contribution in [1.82, 2.24) is 0 Å². The van der Waals surface area contributed by atoms with Crippen LogP contribution in [0.15, 0.2) is 57.6 Å². The number of ether oxygens (including phenoxy) is 2. The predicted octanol–water partition coefficient (Wildman–Crippen LogP) is 5.77. The molecule has 1 aliphatic rings. The Labute approximate surface area is 173 Å². The largest absolute Gasteiger partial charge is 0.489 e. The van der Waals surface area contributed by atoms with Crippen LogP contribution in [0.3, 0.4) is 0 Å². The zero-order valence-electron chi connectivity index (χ0n) is 20.9. The van der Waals surface area contributed by atoms with Crippen molar-refractivity contribution in [3.8, 4) is 0 Å². The molecule has 0 bridgehead atoms. The number of ketones is 2. The van der Waals surface area contributed by atoms with E-state index in [0.29, 0.717) is 0 Å². The normalized spacial score (nSPS) is 18.0. The first-order valence-corrected chi connectivity index (χ1v) is 9.53. The second kappa shape index (κ2) is 11.5. The first-order valence-electron chi connectivity index (χ1n) is 11.0. The molecule has 0 heterocycles. The van der Waals surface area contributed by atoms with Crippen molar-refractivity contribution in [3.05, 3.63) is 57.6 Å². The van der Waals surface area contributed by atoms with Crippen molar-refractivity contribution < 1.29 is 23.2 Å². The van der Waals surface area contributed by atoms with Gasteiger partial charge in [-0.1, -0.05) is 34.9 Å². The molecule has 0 radical (unpaired) electrons. The van der Waals surface area contributed by atoms with Crippen molar-refractivity contribution in [2.24, 2.45) is 0 Å². The second-order valence-corrected chi connectivity index (χ2v) is 7.24. The molecule has 0 aromatic rings. The Bertz CT molecular complexity index is 849. The molecule has 4 heteroatoms. The third-order valence-electron chi connectivity index (χ3n) is 4.61. The Balaban J connectivity index is 2.97. The molecule has 0 saturated heterocycles. The van der Waals surface area contributed by atoms with Crippen molar-refractivity contribution in [2.75, 3.05) is 14.2 Å². The highest BCUT2D eigenvalue weighted by Gasteiger charge is 2.33. The molecule has 0 spiro atoms. The minimum absolute atomic E-state index is 0.0528. The Morgan fingerprint density at radius 1 is 0.857 bits per heavy atom. The highest BCUT2D eigenvalue weighted by Crippen LogP contribution is 2.28. The SMILES string of the molecule is [2H]C([2H])([2H])C1=C(C/C=C(\C)CC/C=C(\C)CCC=C(C)C)C(=O)C(OC)=C(OC)C1=O. The summed E-state index contributed by atoms with van der Waals surface area (Å²) in [6, 6.07) is 0. The van der Waals surface area contributed by atoms with E-state index in [1.807, 2.05) is 13.0 Å². The van der Waals surface area contributed by atoms with E-state index in [2.05, 4.69) is 32.9 Å². The minimum atomic E-state index is -2.72. The predicted molar refractivity (Wildman–Crippen MR) is 114 cm³/mol. The van der Waals surface area contributed by atoms with E-state index in [-0.39, 0.29) is 23.5 Å². The average Bonchev–Trinajstić information content (AvgIpc) is 2.66. The van der Waals surface area contributed by atoms with Gasteiger partial charge in [0.2, 0.25) is 23.1 Å². The summed E-state index contributed by atoms with van der Waals surface area (Å²) in [6.07, 6.45) is 9.98. The van der Waals surface area contributed by atoms with Gasteiger partial charge in [0.15, 0.2) is 0 Å². The van der Waals surface area contributed by atoms with E-state index < -0.39 is 24.0 Å². The lowest BCUT2D eigenvalue weighted by molar-refractivity contribution is -0.121. The van der Waals surface area contributed by atoms with Crippen LogP contribution in [0.2, 0.25) is 0 Å². The van der Waals surface area contributed by atoms with Crippen LogP contribution in [0.1, 0.15) is 70.8 Å². The van der Waals surface area contributed by atoms with Crippen molar-refractivity contribution >= 4 is 11.6 Å². The molecule has 4 nitrogen and oxygen atoms in total. The van der Waals surface area contributed by atoms with Gasteiger partial charge in [-0.3, -0.25) is 9.59 Å². The van der Waals surface area contributed by atoms with Crippen molar-refractivity contribution in [3.63, 3.8) is 0 Å². The maximum Gasteiger partial charge on any atom is 0.228 e. The van der Waals surface area contributed by atoms with Crippen molar-refractivity contribution in [2.45, 2.75) is 66.7 Å². The van der Waals surface area contributed by atoms with Gasteiger partial charge >= 0.3 is 0 Å². The Hall–Kier alpha value is -2.36. The Morgan fingerprint density at radius 3 is 1.93 bits per heavy atom. The monoisotopic (exact) mass is 389 g/mol. The number of allylic oxidation sites excluding steroid dienone is 8. The lowest BCUT2D eigenvalue weighted by atomic mass is 9.90. The van der Waals surface area contributed by atoms with Crippen molar-refractivity contribution in [1.29, 1.82) is 0 Å². The third kappa shape index (κ3) is 6.66. The van der Waals surface area contributed by atoms with E-state index in [0.717, 1.165) is 31.3 Å². The summed E-state index contributed by atoms with van der Waals surface area (Å²) in [5, 5.41) is 0. The molecular weight excluding hydrogens is 352 g/mol. The highest BCUT2D eigenvalue weighted by atomic mass is 16.5. The summed E-state index contributed by atoms with van der Waals surface area (Å²) in [4.78, 5) is 25.5. The van der Waals surface area contributed by atoms with Crippen LogP contribution in [0.5, 0.6) is 0 Å². The molecule has 0 aromatic heterocycles. The van der Waals surface area contributed by atoms with Gasteiger partial charge in [-0.15, -0.1) is 0 Å². The van der Waals surface area contributed by atoms with Gasteiger partial charge in [0.25, 0.3) is 0 Å². The van der Waals surface area contributed by atoms with Crippen LogP contribution in [-0.4, -0.2) is 25.8 Å². The van der Waals surface area contributed by atoms with Gasteiger partial charge in [0.05, 0.1) is 14.2 Å². The van der Waals surface area contributed by atoms with Gasteiger partial charge in [-0.2, -0.15) is 0 Å². The quantitative estimate of drug-likeness (QED) is 0.352. The lowest BCUT2D eigenvalue weighted by Crippen LogP contribution is -2.24. The summed E-state index contributed by atoms with van der Waals surface area (Å²) in [5.41, 5.74) is 3.11. The topological polar surface area (TPSA) is 52.6 Å². The van der Waals surface area contributed by atoms with Gasteiger partial charge in [-0.25, -0.2) is 0 Å². The van der Waals surface area contributed by atoms with Gasteiger partial charge in [-0.05, 0) is 66.7 Å². The van der Waals surface area contributed by atoms with Gasteiger partial charge in [0.1, 0.15) is 0 Å². The number of hydrogen-bond acceptors (Lipinski definition) is 4. The molecule has 0 atom stereocenters. The molecule has 0 unspecified atom stereocenters. The fraction of sp³-hybridized carbons (Fsp3) is 0.500. The maximum absolute atomic E-state index is 12.8. The smallest absolute Gasteiger partial charge is 0.228 e. The Kier molecular flexibility index (Phi) is 7.78. The molecule has 1 rings (SSSR count). The number of hydrogen-bond donors (Lipinski definition) is 0. The van der Waals surface area contributed by atoms with Crippen LogP contribution >= 0.6 is 0 Å². The molecule has 0 aliphatic heterocycles. The summed E-state index contributed by atoms with van der Waals surface area (Å²) < 4.78 is 33.2. The van der Waals surface area contributed by atoms with Crippen LogP contribution < -0.4 is 0 Å². The van der Waals surface area contributed by atoms with Crippen LogP contribution in [0.25, 0.3) is 0 Å². The minimum Gasteiger partial charge on any atom is -0.489 e. The summed E-state index contributed by atoms with van der Waals surface area (Å²) in [7, 11) is 2.46. The summed E-state index contributed by atoms with van der Waals surface area (Å²) in [6.45, 7) is 5.51. The average molecular weight is 390 g/mol. The van der Waals surface area contributed by atoms with Crippen LogP contribution in [0, 0.1) is 0 Å². The molecule has 0 amide bonds. The molecule has 0 saturated carbocycles. The lowest BCUT2D eigenvalue weighted by Gasteiger charge is -2.19. The number of carbonyl (C=O) groups excluding carboxylic acids is 2. The molecule has 1 aliphatic carbocycles. The molecule has 28 heavy (non-hydrogen) atoms. The van der Waals surface area contributed by atoms with Gasteiger partial charge in [0, 0.05) is 15.3 Å².